The number of nitrogen functional groups attached to an aromatic ring is 2. The van der Waals surface area contributed by atoms with Gasteiger partial charge >= 0.3 is 0 Å². The van der Waals surface area contributed by atoms with Crippen LogP contribution in [0, 0.1) is 0 Å². The number of anilines is 1. The minimum atomic E-state index is 0.176. The van der Waals surface area contributed by atoms with Gasteiger partial charge in [0.15, 0.2) is 5.82 Å². The van der Waals surface area contributed by atoms with Crippen LogP contribution in [0.25, 0.3) is 0 Å². The number of hydrogen-bond donors (Lipinski definition) is 3. The molecule has 50 valence electrons. The summed E-state index contributed by atoms with van der Waals surface area (Å²) in [7, 11) is 0. The molecular weight excluding hydrogens is 120 g/mol. The highest BCUT2D eigenvalue weighted by Crippen LogP contribution is 1.94. The second kappa shape index (κ2) is 1.90. The average molecular weight is 128 g/mol. The normalized spacial score (nSPS) is 9.89. The van der Waals surface area contributed by atoms with E-state index in [2.05, 4.69) is 10.2 Å². The Bertz CT molecular complexity index is 202. The monoisotopic (exact) mass is 128 g/mol. The van der Waals surface area contributed by atoms with Gasteiger partial charge in [0.05, 0.1) is 6.54 Å². The molecule has 0 aliphatic heterocycles. The van der Waals surface area contributed by atoms with Gasteiger partial charge in [0.25, 0.3) is 0 Å². The molecule has 1 heterocycles. The highest BCUT2D eigenvalue weighted by molar-refractivity contribution is 5.16. The standard InChI is InChI=1S/C3H8N6/c4-1-2-7-8-3(5)9(2)6/h1,4,6H2,(H2,5,8). The average Bonchev–Trinajstić information content (AvgIpc) is 2.15. The molecule has 0 unspecified atom stereocenters. The molecule has 0 atom stereocenters. The molecule has 1 rings (SSSR count). The lowest BCUT2D eigenvalue weighted by Crippen LogP contribution is -2.17. The second-order valence-corrected chi connectivity index (χ2v) is 1.55. The molecule has 0 bridgehead atoms. The van der Waals surface area contributed by atoms with Crippen LogP contribution >= 0.6 is 0 Å². The van der Waals surface area contributed by atoms with E-state index in [4.69, 9.17) is 17.3 Å². The molecule has 0 spiro atoms. The van der Waals surface area contributed by atoms with Crippen molar-refractivity contribution in [3.05, 3.63) is 5.82 Å². The van der Waals surface area contributed by atoms with E-state index in [1.54, 1.807) is 0 Å². The molecule has 6 N–H and O–H groups in total. The molecule has 0 aliphatic carbocycles. The van der Waals surface area contributed by atoms with Crippen LogP contribution in [0.2, 0.25) is 0 Å². The highest BCUT2D eigenvalue weighted by Gasteiger charge is 2.01. The van der Waals surface area contributed by atoms with Crippen LogP contribution in [0.4, 0.5) is 5.95 Å². The number of nitrogens with two attached hydrogens (primary N) is 3. The number of rotatable bonds is 1. The van der Waals surface area contributed by atoms with Gasteiger partial charge in [-0.3, -0.25) is 0 Å². The minimum absolute atomic E-state index is 0.176. The third-order valence-electron chi connectivity index (χ3n) is 0.975. The van der Waals surface area contributed by atoms with E-state index in [1.807, 2.05) is 0 Å². The topological polar surface area (TPSA) is 109 Å². The summed E-state index contributed by atoms with van der Waals surface area (Å²) in [5.41, 5.74) is 10.4. The molecule has 9 heavy (non-hydrogen) atoms. The van der Waals surface area contributed by atoms with E-state index in [0.29, 0.717) is 5.82 Å². The molecular formula is C3H8N6. The van der Waals surface area contributed by atoms with Gasteiger partial charge in [-0.05, 0) is 0 Å². The zero-order valence-corrected chi connectivity index (χ0v) is 4.78. The fraction of sp³-hybridized carbons (Fsp3) is 0.333. The van der Waals surface area contributed by atoms with E-state index in [1.165, 1.54) is 0 Å². The molecule has 0 radical (unpaired) electrons. The van der Waals surface area contributed by atoms with Gasteiger partial charge in [-0.15, -0.1) is 10.2 Å². The Morgan fingerprint density at radius 3 is 2.33 bits per heavy atom. The first-order chi connectivity index (χ1) is 4.25. The summed E-state index contributed by atoms with van der Waals surface area (Å²) in [6.45, 7) is 0.251. The summed E-state index contributed by atoms with van der Waals surface area (Å²) in [5, 5.41) is 7.04. The maximum Gasteiger partial charge on any atom is 0.240 e. The van der Waals surface area contributed by atoms with Crippen molar-refractivity contribution in [2.24, 2.45) is 5.73 Å². The van der Waals surface area contributed by atoms with Crippen molar-refractivity contribution in [3.63, 3.8) is 0 Å². The quantitative estimate of drug-likeness (QED) is 0.380. The Morgan fingerprint density at radius 2 is 2.11 bits per heavy atom. The van der Waals surface area contributed by atoms with Crippen LogP contribution in [0.3, 0.4) is 0 Å². The van der Waals surface area contributed by atoms with Gasteiger partial charge in [-0.2, -0.15) is 0 Å². The highest BCUT2D eigenvalue weighted by atomic mass is 15.4. The number of hydrogen-bond acceptors (Lipinski definition) is 5. The minimum Gasteiger partial charge on any atom is -0.366 e. The summed E-state index contributed by atoms with van der Waals surface area (Å²) < 4.78 is 1.15. The van der Waals surface area contributed by atoms with Gasteiger partial charge < -0.3 is 17.3 Å². The van der Waals surface area contributed by atoms with E-state index in [9.17, 15) is 0 Å². The van der Waals surface area contributed by atoms with E-state index in [0.717, 1.165) is 4.68 Å². The first-order valence-electron chi connectivity index (χ1n) is 2.40. The zero-order chi connectivity index (χ0) is 6.85. The van der Waals surface area contributed by atoms with Crippen molar-refractivity contribution in [2.75, 3.05) is 11.6 Å². The van der Waals surface area contributed by atoms with Crippen molar-refractivity contribution in [1.82, 2.24) is 14.9 Å². The van der Waals surface area contributed by atoms with Gasteiger partial charge in [0.1, 0.15) is 0 Å². The van der Waals surface area contributed by atoms with Crippen LogP contribution in [-0.4, -0.2) is 14.9 Å². The lowest BCUT2D eigenvalue weighted by atomic mass is 10.6. The van der Waals surface area contributed by atoms with Crippen LogP contribution in [0.15, 0.2) is 0 Å². The third kappa shape index (κ3) is 0.789. The zero-order valence-electron chi connectivity index (χ0n) is 4.78. The third-order valence-corrected chi connectivity index (χ3v) is 0.975. The van der Waals surface area contributed by atoms with Crippen LogP contribution in [-0.2, 0) is 6.54 Å². The number of nitrogens with zero attached hydrogens (tertiary/aromatic N) is 3. The van der Waals surface area contributed by atoms with Crippen molar-refractivity contribution < 1.29 is 0 Å². The maximum atomic E-state index is 5.30. The molecule has 6 heteroatoms. The second-order valence-electron chi connectivity index (χ2n) is 1.55. The van der Waals surface area contributed by atoms with Crippen molar-refractivity contribution in [1.29, 1.82) is 0 Å². The predicted molar refractivity (Wildman–Crippen MR) is 32.5 cm³/mol. The molecule has 0 aliphatic rings. The van der Waals surface area contributed by atoms with Gasteiger partial charge in [0.2, 0.25) is 5.95 Å². The van der Waals surface area contributed by atoms with Crippen LogP contribution < -0.4 is 17.3 Å². The van der Waals surface area contributed by atoms with Crippen molar-refractivity contribution in [2.45, 2.75) is 6.54 Å². The Balaban J connectivity index is 3.04. The Hall–Kier alpha value is -1.30. The molecule has 1 aromatic rings. The van der Waals surface area contributed by atoms with Crippen molar-refractivity contribution >= 4 is 5.95 Å². The largest absolute Gasteiger partial charge is 0.366 e. The number of aromatic nitrogens is 3. The molecule has 0 saturated carbocycles. The van der Waals surface area contributed by atoms with E-state index in [-0.39, 0.29) is 12.5 Å². The molecule has 0 saturated heterocycles. The first kappa shape index (κ1) is 5.83. The van der Waals surface area contributed by atoms with E-state index < -0.39 is 0 Å². The smallest absolute Gasteiger partial charge is 0.240 e. The maximum absolute atomic E-state index is 5.30. The first-order valence-corrected chi connectivity index (χ1v) is 2.40. The molecule has 0 aromatic carbocycles. The molecule has 0 amide bonds. The van der Waals surface area contributed by atoms with Crippen LogP contribution in [0.5, 0.6) is 0 Å². The summed E-state index contributed by atoms with van der Waals surface area (Å²) >= 11 is 0. The fourth-order valence-corrected chi connectivity index (χ4v) is 0.477. The Labute approximate surface area is 51.6 Å². The van der Waals surface area contributed by atoms with Gasteiger partial charge in [0, 0.05) is 0 Å². The fourth-order valence-electron chi connectivity index (χ4n) is 0.477. The lowest BCUT2D eigenvalue weighted by Gasteiger charge is -1.94. The summed E-state index contributed by atoms with van der Waals surface area (Å²) in [6.07, 6.45) is 0. The Kier molecular flexibility index (Phi) is 1.23. The van der Waals surface area contributed by atoms with Gasteiger partial charge in [-0.25, -0.2) is 4.68 Å². The molecule has 0 fully saturated rings. The van der Waals surface area contributed by atoms with Gasteiger partial charge in [-0.1, -0.05) is 0 Å². The van der Waals surface area contributed by atoms with Crippen LogP contribution in [0.1, 0.15) is 5.82 Å². The summed E-state index contributed by atoms with van der Waals surface area (Å²) in [4.78, 5) is 0. The van der Waals surface area contributed by atoms with E-state index >= 15 is 0 Å². The lowest BCUT2D eigenvalue weighted by molar-refractivity contribution is 0.838. The van der Waals surface area contributed by atoms with Crippen molar-refractivity contribution in [3.8, 4) is 0 Å². The molecule has 1 aromatic heterocycles. The summed E-state index contributed by atoms with van der Waals surface area (Å²) in [6, 6.07) is 0. The summed E-state index contributed by atoms with van der Waals surface area (Å²) in [5.74, 6) is 5.96. The molecule has 6 nitrogen and oxygen atoms in total. The Morgan fingerprint density at radius 1 is 1.44 bits per heavy atom. The predicted octanol–water partition coefficient (Wildman–Crippen LogP) is -1.97. The SMILES string of the molecule is NCc1nnc(N)n1N.